The van der Waals surface area contributed by atoms with E-state index in [1.165, 1.54) is 24.5 Å². The summed E-state index contributed by atoms with van der Waals surface area (Å²) in [6.45, 7) is 0.790. The van der Waals surface area contributed by atoms with Crippen LogP contribution in [0.3, 0.4) is 0 Å². The van der Waals surface area contributed by atoms with E-state index < -0.39 is 29.8 Å². The lowest BCUT2D eigenvalue weighted by Crippen LogP contribution is -2.52. The third-order valence-corrected chi connectivity index (χ3v) is 6.58. The molecule has 33 heavy (non-hydrogen) atoms. The molecule has 174 valence electrons. The molecule has 4 rings (SSSR count). The Balaban J connectivity index is 1.83. The Labute approximate surface area is 201 Å². The number of ether oxygens (including phenoxy) is 2. The van der Waals surface area contributed by atoms with Crippen LogP contribution in [0.5, 0.6) is 0 Å². The molecule has 1 fully saturated rings. The number of halogens is 2. The maximum atomic E-state index is 15.0. The molecule has 2 aliphatic heterocycles. The Bertz CT molecular complexity index is 1120. The molecule has 0 amide bonds. The fourth-order valence-corrected chi connectivity index (χ4v) is 4.65. The second-order valence-electron chi connectivity index (χ2n) is 7.29. The summed E-state index contributed by atoms with van der Waals surface area (Å²) in [4.78, 5) is 35.2. The van der Waals surface area contributed by atoms with Gasteiger partial charge in [0.1, 0.15) is 17.9 Å². The van der Waals surface area contributed by atoms with Crippen molar-refractivity contribution in [2.45, 2.75) is 12.1 Å². The van der Waals surface area contributed by atoms with Crippen LogP contribution < -0.4 is 5.32 Å². The number of hydrogen-bond acceptors (Lipinski definition) is 9. The van der Waals surface area contributed by atoms with Crippen LogP contribution in [0.4, 0.5) is 4.39 Å². The molecule has 0 radical (unpaired) electrons. The zero-order valence-electron chi connectivity index (χ0n) is 17.5. The Morgan fingerprint density at radius 3 is 2.94 bits per heavy atom. The van der Waals surface area contributed by atoms with Crippen molar-refractivity contribution >= 4 is 45.0 Å². The number of carbonyl (C=O) groups excluding carboxylic acids is 1. The normalized spacial score (nSPS) is 21.4. The molecule has 1 aromatic heterocycles. The summed E-state index contributed by atoms with van der Waals surface area (Å²) in [5.74, 6) is -1.91. The van der Waals surface area contributed by atoms with E-state index in [0.717, 1.165) is 0 Å². The smallest absolute Gasteiger partial charge is 0.338 e. The standard InChI is InChI=1S/C21H20BrFN4O5S/c1-31-21(30)16-14(9-27-5-6-32-10-15(27)20(28)29)25-18(19-24-4-7-33-19)26-17(16)12-3-2-11(22)8-13(12)23/h2-4,7-8,15,17H,5-6,9-10H2,1H3,(H,25,26)(H,28,29). The topological polar surface area (TPSA) is 113 Å². The third kappa shape index (κ3) is 4.98. The highest BCUT2D eigenvalue weighted by Gasteiger charge is 2.37. The van der Waals surface area contributed by atoms with Gasteiger partial charge in [-0.1, -0.05) is 22.0 Å². The second kappa shape index (κ2) is 10.1. The number of aliphatic imine (C=N–C) groups is 1. The molecule has 3 heterocycles. The molecule has 2 N–H and O–H groups in total. The van der Waals surface area contributed by atoms with Crippen LogP contribution >= 0.6 is 27.3 Å². The minimum Gasteiger partial charge on any atom is -0.480 e. The summed E-state index contributed by atoms with van der Waals surface area (Å²) >= 11 is 4.58. The molecular weight excluding hydrogens is 519 g/mol. The number of carbonyl (C=O) groups is 2. The van der Waals surface area contributed by atoms with Gasteiger partial charge >= 0.3 is 11.9 Å². The minimum absolute atomic E-state index is 0.0222. The number of methoxy groups -OCH3 is 1. The van der Waals surface area contributed by atoms with Crippen molar-refractivity contribution in [2.75, 3.05) is 33.4 Å². The van der Waals surface area contributed by atoms with Gasteiger partial charge in [0.05, 0.1) is 25.9 Å². The number of rotatable bonds is 6. The van der Waals surface area contributed by atoms with E-state index in [1.807, 2.05) is 0 Å². The number of aromatic nitrogens is 1. The number of esters is 1. The van der Waals surface area contributed by atoms with Crippen molar-refractivity contribution in [3.05, 3.63) is 61.9 Å². The number of carboxylic acid groups (broad SMARTS) is 1. The first-order valence-corrected chi connectivity index (χ1v) is 11.6. The van der Waals surface area contributed by atoms with E-state index in [0.29, 0.717) is 34.2 Å². The number of carboxylic acids is 1. The number of amidine groups is 1. The number of nitrogens with zero attached hydrogens (tertiary/aromatic N) is 3. The molecule has 0 aliphatic carbocycles. The Morgan fingerprint density at radius 2 is 2.27 bits per heavy atom. The van der Waals surface area contributed by atoms with E-state index >= 15 is 0 Å². The summed E-state index contributed by atoms with van der Waals surface area (Å²) in [6.07, 6.45) is 1.61. The molecule has 2 aromatic rings. The highest BCUT2D eigenvalue weighted by Crippen LogP contribution is 2.35. The third-order valence-electron chi connectivity index (χ3n) is 5.31. The average Bonchev–Trinajstić information content (AvgIpc) is 3.33. The Kier molecular flexibility index (Phi) is 7.17. The van der Waals surface area contributed by atoms with Crippen LogP contribution in [0.15, 0.2) is 50.5 Å². The lowest BCUT2D eigenvalue weighted by Gasteiger charge is -2.35. The van der Waals surface area contributed by atoms with Crippen LogP contribution in [-0.2, 0) is 19.1 Å². The van der Waals surface area contributed by atoms with E-state index in [4.69, 9.17) is 9.47 Å². The number of hydrogen-bond donors (Lipinski definition) is 2. The summed E-state index contributed by atoms with van der Waals surface area (Å²) in [6, 6.07) is 2.61. The van der Waals surface area contributed by atoms with Gasteiger partial charge in [0, 0.05) is 40.4 Å². The van der Waals surface area contributed by atoms with Gasteiger partial charge in [0.25, 0.3) is 0 Å². The highest BCUT2D eigenvalue weighted by molar-refractivity contribution is 9.10. The number of morpholine rings is 1. The summed E-state index contributed by atoms with van der Waals surface area (Å²) in [7, 11) is 1.23. The highest BCUT2D eigenvalue weighted by atomic mass is 79.9. The van der Waals surface area contributed by atoms with Gasteiger partial charge < -0.3 is 19.9 Å². The number of benzene rings is 1. The predicted molar refractivity (Wildman–Crippen MR) is 121 cm³/mol. The zero-order valence-corrected chi connectivity index (χ0v) is 19.9. The quantitative estimate of drug-likeness (QED) is 0.539. The average molecular weight is 539 g/mol. The second-order valence-corrected chi connectivity index (χ2v) is 9.10. The van der Waals surface area contributed by atoms with E-state index in [1.54, 1.807) is 28.6 Å². The van der Waals surface area contributed by atoms with Gasteiger partial charge in [-0.25, -0.2) is 14.2 Å². The molecule has 1 saturated heterocycles. The van der Waals surface area contributed by atoms with E-state index in [2.05, 4.69) is 31.2 Å². The molecule has 2 atom stereocenters. The Hall–Kier alpha value is -2.67. The summed E-state index contributed by atoms with van der Waals surface area (Å²) in [5, 5.41) is 15.1. The molecular formula is C21H20BrFN4O5S. The van der Waals surface area contributed by atoms with Gasteiger partial charge in [-0.3, -0.25) is 14.7 Å². The van der Waals surface area contributed by atoms with Crippen molar-refractivity contribution in [1.29, 1.82) is 0 Å². The molecule has 9 nitrogen and oxygen atoms in total. The SMILES string of the molecule is COC(=O)C1=C(CN2CCOCC2C(=O)O)NC(c2nccs2)=NC1c1ccc(Br)cc1F. The zero-order chi connectivity index (χ0) is 23.5. The van der Waals surface area contributed by atoms with Gasteiger partial charge in [0.2, 0.25) is 0 Å². The number of aliphatic carboxylic acids is 1. The van der Waals surface area contributed by atoms with Crippen LogP contribution in [0.1, 0.15) is 16.6 Å². The first-order chi connectivity index (χ1) is 15.9. The lowest BCUT2D eigenvalue weighted by atomic mass is 9.94. The largest absolute Gasteiger partial charge is 0.480 e. The number of nitrogens with one attached hydrogen (secondary N) is 1. The lowest BCUT2D eigenvalue weighted by molar-refractivity contribution is -0.149. The molecule has 0 bridgehead atoms. The van der Waals surface area contributed by atoms with Crippen molar-refractivity contribution in [1.82, 2.24) is 15.2 Å². The summed E-state index contributed by atoms with van der Waals surface area (Å²) < 4.78 is 25.9. The van der Waals surface area contributed by atoms with Gasteiger partial charge in [-0.2, -0.15) is 0 Å². The minimum atomic E-state index is -1.03. The maximum Gasteiger partial charge on any atom is 0.338 e. The van der Waals surface area contributed by atoms with E-state index in [9.17, 15) is 19.1 Å². The molecule has 12 heteroatoms. The monoisotopic (exact) mass is 538 g/mol. The van der Waals surface area contributed by atoms with Gasteiger partial charge in [-0.15, -0.1) is 11.3 Å². The van der Waals surface area contributed by atoms with Crippen molar-refractivity contribution < 1.29 is 28.6 Å². The van der Waals surface area contributed by atoms with Crippen molar-refractivity contribution in [2.24, 2.45) is 4.99 Å². The van der Waals surface area contributed by atoms with Crippen LogP contribution in [0, 0.1) is 5.82 Å². The number of thiazole rings is 1. The fraction of sp³-hybridized carbons (Fsp3) is 0.333. The van der Waals surface area contributed by atoms with Crippen LogP contribution in [-0.4, -0.2) is 72.2 Å². The molecule has 2 aliphatic rings. The maximum absolute atomic E-state index is 15.0. The first kappa shape index (κ1) is 23.5. The fourth-order valence-electron chi connectivity index (χ4n) is 3.73. The molecule has 1 aromatic carbocycles. The first-order valence-electron chi connectivity index (χ1n) is 9.94. The van der Waals surface area contributed by atoms with Gasteiger partial charge in [0.15, 0.2) is 10.8 Å². The molecule has 2 unspecified atom stereocenters. The van der Waals surface area contributed by atoms with Crippen LogP contribution in [0.2, 0.25) is 0 Å². The van der Waals surface area contributed by atoms with E-state index in [-0.39, 0.29) is 24.3 Å². The van der Waals surface area contributed by atoms with Crippen molar-refractivity contribution in [3.8, 4) is 0 Å². The predicted octanol–water partition coefficient (Wildman–Crippen LogP) is 2.35. The molecule has 0 saturated carbocycles. The molecule has 0 spiro atoms. The summed E-state index contributed by atoms with van der Waals surface area (Å²) in [5.41, 5.74) is 0.667. The van der Waals surface area contributed by atoms with Crippen LogP contribution in [0.25, 0.3) is 0 Å². The van der Waals surface area contributed by atoms with Crippen molar-refractivity contribution in [3.63, 3.8) is 0 Å². The Morgan fingerprint density at radius 1 is 1.45 bits per heavy atom. The van der Waals surface area contributed by atoms with Gasteiger partial charge in [-0.05, 0) is 12.1 Å².